The highest BCUT2D eigenvalue weighted by Gasteiger charge is 2.33. The van der Waals surface area contributed by atoms with Gasteiger partial charge in [0.05, 0.1) is 0 Å². The molecule has 0 saturated heterocycles. The van der Waals surface area contributed by atoms with Crippen LogP contribution in [0.25, 0.3) is 0 Å². The van der Waals surface area contributed by atoms with Crippen LogP contribution < -0.4 is 20.1 Å². The van der Waals surface area contributed by atoms with Gasteiger partial charge in [-0.25, -0.2) is 9.59 Å². The second-order valence-electron chi connectivity index (χ2n) is 20.2. The Morgan fingerprint density at radius 2 is 0.697 bits per heavy atom. The summed E-state index contributed by atoms with van der Waals surface area (Å²) in [4.78, 5) is 25.5. The van der Waals surface area contributed by atoms with Gasteiger partial charge in [-0.2, -0.15) is 0 Å². The lowest BCUT2D eigenvalue weighted by atomic mass is 10.1. The number of benzene rings is 4. The van der Waals surface area contributed by atoms with Crippen LogP contribution in [0.5, 0.6) is 23.0 Å². The Kier molecular flexibility index (Phi) is 22.2. The third kappa shape index (κ3) is 21.2. The molecule has 0 aliphatic carbocycles. The van der Waals surface area contributed by atoms with Crippen molar-refractivity contribution in [3.63, 3.8) is 0 Å². The molecular weight excluding hydrogens is 893 g/mol. The Hall–Kier alpha value is -4.19. The lowest BCUT2D eigenvalue weighted by Crippen LogP contribution is -2.44. The number of nitrogens with one attached hydrogen (secondary N) is 2. The van der Waals surface area contributed by atoms with Crippen molar-refractivity contribution in [1.82, 2.24) is 10.6 Å². The van der Waals surface area contributed by atoms with E-state index >= 15 is 0 Å². The van der Waals surface area contributed by atoms with Crippen LogP contribution in [0.1, 0.15) is 73.6 Å². The van der Waals surface area contributed by atoms with Crippen LogP contribution in [0.4, 0.5) is 9.59 Å². The number of para-hydroxylation sites is 4. The number of phenolic OH excluding ortho intramolecular Hbond substituents is 2. The van der Waals surface area contributed by atoms with Crippen molar-refractivity contribution in [2.75, 3.05) is 13.1 Å². The number of unbranched alkanes of at least 4 members (excludes halogenated alkanes) is 3. The average Bonchev–Trinajstić information content (AvgIpc) is 3.23. The number of aromatic hydroxyl groups is 2. The third-order valence-electron chi connectivity index (χ3n) is 12.0. The zero-order chi connectivity index (χ0) is 48.1. The zero-order valence-electron chi connectivity index (χ0n) is 41.3. The quantitative estimate of drug-likeness (QED) is 0.0312. The Morgan fingerprint density at radius 3 is 1.03 bits per heavy atom. The maximum Gasteiger partial charge on any atom is 0.412 e. The standard InChI is InChI=1S/C52H80N2O8Si4/c1-63(2,39-21-29-43-25-11-15-33-47(43)55)61-65(5,6)41-23-31-45-27-13-17-35-49(45)59-51(57)53-37-19-9-10-20-38-54-52(58)60-50-36-18-14-28-46(50)32-24-42-66(7,8)62-64(3,4)40-22-30-44-26-12-16-34-48(44)56/h11-18,25-28,33-36,55-56H,9-10,19-24,29-32,37-42H2,1-8H3,(H,53,57)(H,54,58). The van der Waals surface area contributed by atoms with Gasteiger partial charge in [0, 0.05) is 13.1 Å². The molecule has 0 saturated carbocycles. The van der Waals surface area contributed by atoms with Crippen molar-refractivity contribution in [2.24, 2.45) is 0 Å². The molecule has 0 aliphatic rings. The molecular formula is C52H80N2O8Si4. The molecule has 4 aromatic carbocycles. The molecule has 362 valence electrons. The molecule has 2 amide bonds. The van der Waals surface area contributed by atoms with Gasteiger partial charge in [-0.3, -0.25) is 0 Å². The van der Waals surface area contributed by atoms with Crippen molar-refractivity contribution in [3.05, 3.63) is 119 Å². The molecule has 0 fully saturated rings. The third-order valence-corrected chi connectivity index (χ3v) is 27.1. The number of carbonyl (C=O) groups is 2. The highest BCUT2D eigenvalue weighted by atomic mass is 28.4. The first kappa shape index (κ1) is 54.4. The van der Waals surface area contributed by atoms with Gasteiger partial charge in [-0.15, -0.1) is 0 Å². The van der Waals surface area contributed by atoms with Gasteiger partial charge in [-0.05, 0) is 187 Å². The molecule has 4 aromatic rings. The molecule has 4 N–H and O–H groups in total. The van der Waals surface area contributed by atoms with Gasteiger partial charge in [0.1, 0.15) is 23.0 Å². The lowest BCUT2D eigenvalue weighted by molar-refractivity contribution is 0.198. The first-order valence-corrected chi connectivity index (χ1v) is 36.8. The number of carbonyl (C=O) groups excluding carboxylic acids is 2. The molecule has 0 bridgehead atoms. The van der Waals surface area contributed by atoms with Crippen LogP contribution >= 0.6 is 0 Å². The van der Waals surface area contributed by atoms with Crippen LogP contribution in [-0.2, 0) is 33.9 Å². The molecule has 0 aliphatic heterocycles. The van der Waals surface area contributed by atoms with Gasteiger partial charge >= 0.3 is 12.2 Å². The highest BCUT2D eigenvalue weighted by molar-refractivity contribution is 6.85. The monoisotopic (exact) mass is 972 g/mol. The first-order valence-electron chi connectivity index (χ1n) is 24.3. The van der Waals surface area contributed by atoms with Crippen molar-refractivity contribution in [1.29, 1.82) is 0 Å². The fourth-order valence-corrected chi connectivity index (χ4v) is 26.6. The minimum Gasteiger partial charge on any atom is -0.508 e. The van der Waals surface area contributed by atoms with E-state index in [9.17, 15) is 19.8 Å². The van der Waals surface area contributed by atoms with Crippen molar-refractivity contribution in [3.8, 4) is 23.0 Å². The number of hydrogen-bond donors (Lipinski definition) is 4. The van der Waals surface area contributed by atoms with E-state index in [0.717, 1.165) is 123 Å². The van der Waals surface area contributed by atoms with Gasteiger partial charge in [0.25, 0.3) is 0 Å². The van der Waals surface area contributed by atoms with E-state index in [1.807, 2.05) is 84.9 Å². The second-order valence-corrected chi connectivity index (χ2v) is 37.9. The normalized spacial score (nSPS) is 12.2. The fraction of sp³-hybridized carbons (Fsp3) is 0.500. The minimum atomic E-state index is -1.90. The van der Waals surface area contributed by atoms with Gasteiger partial charge < -0.3 is 38.6 Å². The van der Waals surface area contributed by atoms with E-state index in [0.29, 0.717) is 36.1 Å². The summed E-state index contributed by atoms with van der Waals surface area (Å²) in [5.41, 5.74) is 4.04. The number of hydrogen-bond acceptors (Lipinski definition) is 8. The molecule has 0 spiro atoms. The summed E-state index contributed by atoms with van der Waals surface area (Å²) in [5, 5.41) is 26.0. The van der Waals surface area contributed by atoms with Gasteiger partial charge in [0.15, 0.2) is 33.3 Å². The van der Waals surface area contributed by atoms with E-state index in [-0.39, 0.29) is 0 Å². The molecule has 0 unspecified atom stereocenters. The molecule has 10 nitrogen and oxygen atoms in total. The second kappa shape index (κ2) is 27.0. The van der Waals surface area contributed by atoms with Crippen LogP contribution in [-0.4, -0.2) is 68.8 Å². The maximum atomic E-state index is 12.7. The smallest absolute Gasteiger partial charge is 0.412 e. The fourth-order valence-electron chi connectivity index (χ4n) is 8.84. The van der Waals surface area contributed by atoms with Crippen LogP contribution in [0.15, 0.2) is 97.1 Å². The molecule has 14 heteroatoms. The Balaban J connectivity index is 1.06. The summed E-state index contributed by atoms with van der Waals surface area (Å²) >= 11 is 0. The van der Waals surface area contributed by atoms with Crippen molar-refractivity contribution < 1.29 is 37.5 Å². The van der Waals surface area contributed by atoms with Crippen LogP contribution in [0, 0.1) is 0 Å². The van der Waals surface area contributed by atoms with E-state index in [1.54, 1.807) is 12.1 Å². The summed E-state index contributed by atoms with van der Waals surface area (Å²) in [5.74, 6) is 1.94. The topological polar surface area (TPSA) is 136 Å². The van der Waals surface area contributed by atoms with Gasteiger partial charge in [0.2, 0.25) is 0 Å². The summed E-state index contributed by atoms with van der Waals surface area (Å²) in [6.07, 6.45) is 9.85. The predicted octanol–water partition coefficient (Wildman–Crippen LogP) is 13.5. The molecule has 0 atom stereocenters. The first-order chi connectivity index (χ1) is 31.3. The minimum absolute atomic E-state index is 0.373. The zero-order valence-corrected chi connectivity index (χ0v) is 45.3. The Bertz CT molecular complexity index is 1950. The number of rotatable bonds is 29. The molecule has 4 rings (SSSR count). The van der Waals surface area contributed by atoms with Gasteiger partial charge in [-0.1, -0.05) is 85.6 Å². The number of phenols is 2. The van der Waals surface area contributed by atoms with Crippen LogP contribution in [0.3, 0.4) is 0 Å². The molecule has 0 aromatic heterocycles. The summed E-state index contributed by atoms with van der Waals surface area (Å²) in [6.45, 7) is 19.5. The molecule has 66 heavy (non-hydrogen) atoms. The number of amides is 2. The van der Waals surface area contributed by atoms with Crippen molar-refractivity contribution >= 4 is 45.5 Å². The summed E-state index contributed by atoms with van der Waals surface area (Å²) in [6, 6.07) is 34.9. The Labute approximate surface area is 400 Å². The predicted molar refractivity (Wildman–Crippen MR) is 280 cm³/mol. The van der Waals surface area contributed by atoms with E-state index < -0.39 is 45.5 Å². The highest BCUT2D eigenvalue weighted by Crippen LogP contribution is 2.30. The number of aryl methyl sites for hydroxylation is 4. The van der Waals surface area contributed by atoms with E-state index in [2.05, 4.69) is 63.0 Å². The van der Waals surface area contributed by atoms with Crippen molar-refractivity contribution in [2.45, 2.75) is 154 Å². The van der Waals surface area contributed by atoms with Crippen LogP contribution in [0.2, 0.25) is 76.6 Å². The Morgan fingerprint density at radius 1 is 0.409 bits per heavy atom. The molecule has 0 heterocycles. The largest absolute Gasteiger partial charge is 0.508 e. The van der Waals surface area contributed by atoms with E-state index in [1.165, 1.54) is 0 Å². The maximum absolute atomic E-state index is 12.7. The SMILES string of the molecule is C[Si](C)(CCCc1ccccc1O)O[Si](C)(C)CCCc1ccccc1OC(=O)NCCCCCCNC(=O)Oc1ccccc1CCC[Si](C)(C)O[Si](C)(C)CCCc1ccccc1O. The molecule has 0 radical (unpaired) electrons. The summed E-state index contributed by atoms with van der Waals surface area (Å²) in [7, 11) is -7.54. The number of ether oxygens (including phenoxy) is 2. The summed E-state index contributed by atoms with van der Waals surface area (Å²) < 4.78 is 25.3. The lowest BCUT2D eigenvalue weighted by Gasteiger charge is -2.34. The average molecular weight is 974 g/mol. The van der Waals surface area contributed by atoms with E-state index in [4.69, 9.17) is 17.7 Å².